The van der Waals surface area contributed by atoms with Crippen LogP contribution in [0.1, 0.15) is 19.3 Å². The Morgan fingerprint density at radius 2 is 2.36 bits per heavy atom. The molecular formula is C10H17NO3. The molecule has 0 aromatic carbocycles. The summed E-state index contributed by atoms with van der Waals surface area (Å²) in [5.41, 5.74) is 0. The molecule has 0 aromatic heterocycles. The SMILES string of the molecule is O=C(C1CCOC1)N1CCC[C@H]1CO. The van der Waals surface area contributed by atoms with Gasteiger partial charge in [0.1, 0.15) is 0 Å². The minimum Gasteiger partial charge on any atom is -0.394 e. The van der Waals surface area contributed by atoms with Crippen molar-refractivity contribution >= 4 is 5.91 Å². The summed E-state index contributed by atoms with van der Waals surface area (Å²) in [6.07, 6.45) is 2.80. The van der Waals surface area contributed by atoms with Crippen molar-refractivity contribution in [1.29, 1.82) is 0 Å². The number of aliphatic hydroxyl groups excluding tert-OH is 1. The van der Waals surface area contributed by atoms with Gasteiger partial charge in [0.25, 0.3) is 0 Å². The molecular weight excluding hydrogens is 182 g/mol. The summed E-state index contributed by atoms with van der Waals surface area (Å²) in [6, 6.07) is 0.0584. The van der Waals surface area contributed by atoms with Crippen LogP contribution in [-0.2, 0) is 9.53 Å². The Morgan fingerprint density at radius 1 is 1.50 bits per heavy atom. The quantitative estimate of drug-likeness (QED) is 0.681. The lowest BCUT2D eigenvalue weighted by molar-refractivity contribution is -0.137. The van der Waals surface area contributed by atoms with Gasteiger partial charge in [-0.1, -0.05) is 0 Å². The van der Waals surface area contributed by atoms with E-state index in [1.54, 1.807) is 0 Å². The molecule has 2 aliphatic heterocycles. The van der Waals surface area contributed by atoms with Crippen molar-refractivity contribution in [3.05, 3.63) is 0 Å². The van der Waals surface area contributed by atoms with Gasteiger partial charge in [-0.2, -0.15) is 0 Å². The first kappa shape index (κ1) is 9.93. The zero-order valence-electron chi connectivity index (χ0n) is 8.32. The maximum atomic E-state index is 12.0. The van der Waals surface area contributed by atoms with Crippen molar-refractivity contribution in [3.8, 4) is 0 Å². The molecule has 14 heavy (non-hydrogen) atoms. The second kappa shape index (κ2) is 4.28. The molecule has 0 saturated carbocycles. The Bertz CT molecular complexity index is 213. The van der Waals surface area contributed by atoms with E-state index in [0.29, 0.717) is 13.2 Å². The van der Waals surface area contributed by atoms with Crippen LogP contribution in [0.15, 0.2) is 0 Å². The Hall–Kier alpha value is -0.610. The first-order valence-electron chi connectivity index (χ1n) is 5.32. The predicted octanol–water partition coefficient (Wildman–Crippen LogP) is 0.00620. The number of nitrogens with zero attached hydrogens (tertiary/aromatic N) is 1. The summed E-state index contributed by atoms with van der Waals surface area (Å²) in [5.74, 6) is 0.223. The molecule has 2 rings (SSSR count). The van der Waals surface area contributed by atoms with E-state index in [1.165, 1.54) is 0 Å². The monoisotopic (exact) mass is 199 g/mol. The second-order valence-electron chi connectivity index (χ2n) is 4.07. The lowest BCUT2D eigenvalue weighted by atomic mass is 10.1. The topological polar surface area (TPSA) is 49.8 Å². The summed E-state index contributed by atoms with van der Waals surface area (Å²) in [5, 5.41) is 9.10. The number of carbonyl (C=O) groups is 1. The predicted molar refractivity (Wildman–Crippen MR) is 50.7 cm³/mol. The van der Waals surface area contributed by atoms with Crippen LogP contribution in [0.25, 0.3) is 0 Å². The summed E-state index contributed by atoms with van der Waals surface area (Å²) in [6.45, 7) is 2.17. The molecule has 1 amide bonds. The highest BCUT2D eigenvalue weighted by Gasteiger charge is 2.34. The van der Waals surface area contributed by atoms with E-state index in [4.69, 9.17) is 9.84 Å². The Morgan fingerprint density at radius 3 is 3.00 bits per heavy atom. The van der Waals surface area contributed by atoms with E-state index in [2.05, 4.69) is 0 Å². The average molecular weight is 199 g/mol. The molecule has 2 saturated heterocycles. The third-order valence-electron chi connectivity index (χ3n) is 3.15. The van der Waals surface area contributed by atoms with Gasteiger partial charge in [-0.05, 0) is 19.3 Å². The van der Waals surface area contributed by atoms with Crippen molar-refractivity contribution in [1.82, 2.24) is 4.90 Å². The van der Waals surface area contributed by atoms with Gasteiger partial charge in [-0.3, -0.25) is 4.79 Å². The van der Waals surface area contributed by atoms with Crippen molar-refractivity contribution in [2.75, 3.05) is 26.4 Å². The van der Waals surface area contributed by atoms with Crippen LogP contribution in [0, 0.1) is 5.92 Å². The van der Waals surface area contributed by atoms with Crippen molar-refractivity contribution < 1.29 is 14.6 Å². The highest BCUT2D eigenvalue weighted by molar-refractivity contribution is 5.79. The molecule has 1 unspecified atom stereocenters. The first-order valence-corrected chi connectivity index (χ1v) is 5.32. The van der Waals surface area contributed by atoms with Crippen LogP contribution in [0.2, 0.25) is 0 Å². The van der Waals surface area contributed by atoms with Crippen LogP contribution >= 0.6 is 0 Å². The summed E-state index contributed by atoms with van der Waals surface area (Å²) < 4.78 is 5.20. The zero-order valence-corrected chi connectivity index (χ0v) is 8.32. The van der Waals surface area contributed by atoms with Gasteiger partial charge in [0, 0.05) is 13.2 Å². The fourth-order valence-electron chi connectivity index (χ4n) is 2.28. The summed E-state index contributed by atoms with van der Waals surface area (Å²) in [4.78, 5) is 13.8. The first-order chi connectivity index (χ1) is 6.83. The van der Waals surface area contributed by atoms with E-state index in [-0.39, 0.29) is 24.5 Å². The normalized spacial score (nSPS) is 32.5. The highest BCUT2D eigenvalue weighted by atomic mass is 16.5. The number of carbonyl (C=O) groups excluding carboxylic acids is 1. The van der Waals surface area contributed by atoms with Crippen molar-refractivity contribution in [3.63, 3.8) is 0 Å². The maximum Gasteiger partial charge on any atom is 0.228 e. The fourth-order valence-corrected chi connectivity index (χ4v) is 2.28. The molecule has 1 N–H and O–H groups in total. The zero-order chi connectivity index (χ0) is 9.97. The van der Waals surface area contributed by atoms with Gasteiger partial charge in [0.15, 0.2) is 0 Å². The summed E-state index contributed by atoms with van der Waals surface area (Å²) >= 11 is 0. The molecule has 2 aliphatic rings. The number of likely N-dealkylation sites (tertiary alicyclic amines) is 1. The van der Waals surface area contributed by atoms with E-state index < -0.39 is 0 Å². The van der Waals surface area contributed by atoms with Crippen molar-refractivity contribution in [2.24, 2.45) is 5.92 Å². The Labute approximate surface area is 83.8 Å². The standard InChI is InChI=1S/C10H17NO3/c12-6-9-2-1-4-11(9)10(13)8-3-5-14-7-8/h8-9,12H,1-7H2/t8?,9-/m0/s1. The molecule has 80 valence electrons. The molecule has 2 atom stereocenters. The Balaban J connectivity index is 1.95. The van der Waals surface area contributed by atoms with Gasteiger partial charge in [-0.15, -0.1) is 0 Å². The van der Waals surface area contributed by atoms with Crippen LogP contribution in [-0.4, -0.2) is 48.3 Å². The number of amides is 1. The fraction of sp³-hybridized carbons (Fsp3) is 0.900. The molecule has 0 radical (unpaired) electrons. The van der Waals surface area contributed by atoms with E-state index >= 15 is 0 Å². The average Bonchev–Trinajstić information content (AvgIpc) is 2.87. The van der Waals surface area contributed by atoms with Crippen LogP contribution in [0.3, 0.4) is 0 Å². The minimum atomic E-state index is 0.0437. The highest BCUT2D eigenvalue weighted by Crippen LogP contribution is 2.22. The number of rotatable bonds is 2. The number of hydrogen-bond donors (Lipinski definition) is 1. The van der Waals surface area contributed by atoms with Crippen LogP contribution < -0.4 is 0 Å². The maximum absolute atomic E-state index is 12.0. The largest absolute Gasteiger partial charge is 0.394 e. The van der Waals surface area contributed by atoms with Gasteiger partial charge < -0.3 is 14.7 Å². The lowest BCUT2D eigenvalue weighted by Gasteiger charge is -2.25. The smallest absolute Gasteiger partial charge is 0.228 e. The minimum absolute atomic E-state index is 0.0437. The van der Waals surface area contributed by atoms with Gasteiger partial charge in [0.2, 0.25) is 5.91 Å². The van der Waals surface area contributed by atoms with Gasteiger partial charge in [0.05, 0.1) is 25.2 Å². The third kappa shape index (κ3) is 1.77. The lowest BCUT2D eigenvalue weighted by Crippen LogP contribution is -2.41. The van der Waals surface area contributed by atoms with Gasteiger partial charge >= 0.3 is 0 Å². The number of hydrogen-bond acceptors (Lipinski definition) is 3. The van der Waals surface area contributed by atoms with Crippen LogP contribution in [0.4, 0.5) is 0 Å². The summed E-state index contributed by atoms with van der Waals surface area (Å²) in [7, 11) is 0. The molecule has 0 aromatic rings. The molecule has 0 spiro atoms. The molecule has 2 fully saturated rings. The molecule has 4 heteroatoms. The molecule has 0 aliphatic carbocycles. The van der Waals surface area contributed by atoms with E-state index in [9.17, 15) is 4.79 Å². The van der Waals surface area contributed by atoms with Crippen molar-refractivity contribution in [2.45, 2.75) is 25.3 Å². The van der Waals surface area contributed by atoms with Crippen LogP contribution in [0.5, 0.6) is 0 Å². The number of ether oxygens (including phenoxy) is 1. The second-order valence-corrected chi connectivity index (χ2v) is 4.07. The van der Waals surface area contributed by atoms with E-state index in [1.807, 2.05) is 4.90 Å². The van der Waals surface area contributed by atoms with E-state index in [0.717, 1.165) is 25.8 Å². The van der Waals surface area contributed by atoms with Gasteiger partial charge in [-0.25, -0.2) is 0 Å². The Kier molecular flexibility index (Phi) is 3.03. The third-order valence-corrected chi connectivity index (χ3v) is 3.15. The number of aliphatic hydroxyl groups is 1. The molecule has 4 nitrogen and oxygen atoms in total. The molecule has 0 bridgehead atoms. The molecule has 2 heterocycles.